The number of H-pyrrole nitrogens is 1. The lowest BCUT2D eigenvalue weighted by atomic mass is 10.1. The lowest BCUT2D eigenvalue weighted by Gasteiger charge is -2.36. The minimum Gasteiger partial charge on any atom is -0.486 e. The van der Waals surface area contributed by atoms with E-state index in [2.05, 4.69) is 24.7 Å². The Labute approximate surface area is 232 Å². The van der Waals surface area contributed by atoms with Gasteiger partial charge in [-0.15, -0.1) is 0 Å². The Kier molecular flexibility index (Phi) is 7.26. The number of nitrogens with zero attached hydrogens (tertiary/aromatic N) is 2. The summed E-state index contributed by atoms with van der Waals surface area (Å²) in [7, 11) is -4.14. The number of ether oxygens (including phenoxy) is 2. The van der Waals surface area contributed by atoms with E-state index in [9.17, 15) is 31.2 Å². The van der Waals surface area contributed by atoms with Crippen LogP contribution in [-0.2, 0) is 21.2 Å². The molecule has 2 aromatic carbocycles. The number of fused-ring (bicyclic) bond motifs is 1. The van der Waals surface area contributed by atoms with E-state index in [4.69, 9.17) is 4.74 Å². The number of anilines is 2. The van der Waals surface area contributed by atoms with Crippen LogP contribution in [0.25, 0.3) is 0 Å². The van der Waals surface area contributed by atoms with Gasteiger partial charge in [-0.25, -0.2) is 18.0 Å². The van der Waals surface area contributed by atoms with Gasteiger partial charge in [0.05, 0.1) is 17.1 Å². The summed E-state index contributed by atoms with van der Waals surface area (Å²) in [6.07, 6.45) is -4.36. The van der Waals surface area contributed by atoms with Gasteiger partial charge >= 0.3 is 18.0 Å². The summed E-state index contributed by atoms with van der Waals surface area (Å²) in [6, 6.07) is 10.7. The van der Waals surface area contributed by atoms with Crippen LogP contribution in [0.15, 0.2) is 56.7 Å². The number of rotatable bonds is 8. The van der Waals surface area contributed by atoms with E-state index >= 15 is 0 Å². The second-order valence-corrected chi connectivity index (χ2v) is 12.3. The van der Waals surface area contributed by atoms with Gasteiger partial charge in [-0.2, -0.15) is 13.2 Å². The first kappa shape index (κ1) is 28.5. The Bertz CT molecular complexity index is 1610. The molecule has 11 nitrogen and oxygen atoms in total. The molecule has 5 rings (SSSR count). The maximum atomic E-state index is 14.0. The van der Waals surface area contributed by atoms with E-state index < -0.39 is 39.8 Å². The first-order valence-corrected chi connectivity index (χ1v) is 14.2. The zero-order chi connectivity index (χ0) is 29.6. The molecule has 0 spiro atoms. The average Bonchev–Trinajstić information content (AvgIpc) is 3.67. The molecule has 2 N–H and O–H groups in total. The Morgan fingerprint density at radius 2 is 1.95 bits per heavy atom. The fourth-order valence-electron chi connectivity index (χ4n) is 4.34. The number of halogens is 3. The molecule has 1 aromatic heterocycles. The quantitative estimate of drug-likeness (QED) is 0.380. The van der Waals surface area contributed by atoms with Gasteiger partial charge in [-0.1, -0.05) is 17.3 Å². The molecule has 1 amide bonds. The minimum absolute atomic E-state index is 0.000813. The van der Waals surface area contributed by atoms with Crippen LogP contribution in [0.1, 0.15) is 50.4 Å². The normalized spacial score (nSPS) is 17.5. The highest BCUT2D eigenvalue weighted by Gasteiger charge is 2.51. The first-order valence-electron chi connectivity index (χ1n) is 12.8. The predicted molar refractivity (Wildman–Crippen MR) is 139 cm³/mol. The highest BCUT2D eigenvalue weighted by Crippen LogP contribution is 2.43. The summed E-state index contributed by atoms with van der Waals surface area (Å²) in [5.74, 6) is 0.0382. The monoisotopic (exact) mass is 596 g/mol. The Balaban J connectivity index is 1.44. The summed E-state index contributed by atoms with van der Waals surface area (Å²) < 4.78 is 83.7. The molecular formula is C26H27F3N4O7S. The van der Waals surface area contributed by atoms with Crippen LogP contribution < -0.4 is 20.1 Å². The van der Waals surface area contributed by atoms with Gasteiger partial charge in [0.1, 0.15) is 11.9 Å². The fourth-order valence-corrected chi connectivity index (χ4v) is 5.89. The van der Waals surface area contributed by atoms with E-state index in [0.717, 1.165) is 22.7 Å². The van der Waals surface area contributed by atoms with Gasteiger partial charge in [-0.05, 0) is 74.9 Å². The Hall–Kier alpha value is -4.01. The van der Waals surface area contributed by atoms with Gasteiger partial charge in [-0.3, -0.25) is 19.1 Å². The third kappa shape index (κ3) is 6.19. The molecule has 41 heavy (non-hydrogen) atoms. The molecule has 2 heterocycles. The Morgan fingerprint density at radius 1 is 1.20 bits per heavy atom. The van der Waals surface area contributed by atoms with Crippen LogP contribution >= 0.6 is 0 Å². The third-order valence-corrected chi connectivity index (χ3v) is 8.63. The molecule has 2 aliphatic rings. The number of amides is 1. The topological polar surface area (TPSA) is 144 Å². The molecular weight excluding hydrogens is 569 g/mol. The van der Waals surface area contributed by atoms with Crippen molar-refractivity contribution in [3.63, 3.8) is 0 Å². The van der Waals surface area contributed by atoms with Crippen molar-refractivity contribution >= 4 is 27.5 Å². The largest absolute Gasteiger partial charge is 0.486 e. The maximum absolute atomic E-state index is 14.0. The number of hydrogen-bond acceptors (Lipinski definition) is 8. The van der Waals surface area contributed by atoms with Gasteiger partial charge in [0, 0.05) is 12.1 Å². The van der Waals surface area contributed by atoms with Crippen molar-refractivity contribution in [2.24, 2.45) is 0 Å². The van der Waals surface area contributed by atoms with Gasteiger partial charge in [0.2, 0.25) is 5.60 Å². The maximum Gasteiger partial charge on any atom is 0.438 e. The van der Waals surface area contributed by atoms with E-state index in [-0.39, 0.29) is 47.2 Å². The molecule has 1 aliphatic heterocycles. The molecule has 1 fully saturated rings. The number of benzene rings is 2. The van der Waals surface area contributed by atoms with E-state index in [1.165, 1.54) is 24.3 Å². The number of alkyl halides is 3. The van der Waals surface area contributed by atoms with E-state index in [1.807, 2.05) is 6.07 Å². The molecule has 1 aliphatic carbocycles. The number of nitrogens with one attached hydrogen (secondary N) is 2. The van der Waals surface area contributed by atoms with Crippen LogP contribution in [0.2, 0.25) is 0 Å². The summed E-state index contributed by atoms with van der Waals surface area (Å²) in [5, 5.41) is 5.85. The van der Waals surface area contributed by atoms with Crippen molar-refractivity contribution < 1.29 is 40.4 Å². The highest BCUT2D eigenvalue weighted by atomic mass is 32.2. The van der Waals surface area contributed by atoms with E-state index in [0.29, 0.717) is 19.8 Å². The van der Waals surface area contributed by atoms with Crippen LogP contribution in [0, 0.1) is 0 Å². The van der Waals surface area contributed by atoms with Crippen molar-refractivity contribution in [3.05, 3.63) is 64.4 Å². The zero-order valence-corrected chi connectivity index (χ0v) is 22.8. The number of carbonyl (C=O) groups is 1. The molecule has 0 bridgehead atoms. The number of aromatic amines is 1. The average molecular weight is 597 g/mol. The van der Waals surface area contributed by atoms with Crippen molar-refractivity contribution in [1.29, 1.82) is 0 Å². The summed E-state index contributed by atoms with van der Waals surface area (Å²) in [6.45, 7) is 1.30. The minimum atomic E-state index is -4.80. The van der Waals surface area contributed by atoms with Crippen molar-refractivity contribution in [2.75, 3.05) is 16.2 Å². The Morgan fingerprint density at radius 3 is 2.61 bits per heavy atom. The second-order valence-electron chi connectivity index (χ2n) is 10.4. The lowest BCUT2D eigenvalue weighted by Crippen LogP contribution is -2.44. The molecule has 15 heteroatoms. The summed E-state index contributed by atoms with van der Waals surface area (Å²) in [5.41, 5.74) is -1.75. The van der Waals surface area contributed by atoms with Crippen LogP contribution in [-0.4, -0.2) is 49.1 Å². The number of hydrogen-bond donors (Lipinski definition) is 2. The predicted octanol–water partition coefficient (Wildman–Crippen LogP) is 4.72. The third-order valence-electron chi connectivity index (χ3n) is 6.85. The molecule has 1 saturated carbocycles. The SMILES string of the molecule is CC(C)(OC(=O)Nc1ccc2c(c1)N(S(=O)(=O)c1cccc(C3CC3)c1)C[C@H](CCc1noc(=O)[nH]1)O2)C(F)(F)F. The van der Waals surface area contributed by atoms with Crippen molar-refractivity contribution in [1.82, 2.24) is 10.1 Å². The summed E-state index contributed by atoms with van der Waals surface area (Å²) >= 11 is 0. The molecule has 1 atom stereocenters. The van der Waals surface area contributed by atoms with Gasteiger partial charge in [0.15, 0.2) is 5.82 Å². The number of sulfonamides is 1. The smallest absolute Gasteiger partial charge is 0.438 e. The highest BCUT2D eigenvalue weighted by molar-refractivity contribution is 7.92. The summed E-state index contributed by atoms with van der Waals surface area (Å²) in [4.78, 5) is 26.1. The molecule has 0 radical (unpaired) electrons. The van der Waals surface area contributed by atoms with E-state index in [1.54, 1.807) is 12.1 Å². The molecule has 0 unspecified atom stereocenters. The van der Waals surface area contributed by atoms with Crippen LogP contribution in [0.4, 0.5) is 29.3 Å². The molecule has 3 aromatic rings. The van der Waals surface area contributed by atoms with Gasteiger partial charge in [0.25, 0.3) is 10.0 Å². The van der Waals surface area contributed by atoms with Crippen molar-refractivity contribution in [2.45, 2.75) is 68.2 Å². The fraction of sp³-hybridized carbons (Fsp3) is 0.423. The molecule has 220 valence electrons. The molecule has 0 saturated heterocycles. The second kappa shape index (κ2) is 10.4. The van der Waals surface area contributed by atoms with Crippen molar-refractivity contribution in [3.8, 4) is 5.75 Å². The lowest BCUT2D eigenvalue weighted by molar-refractivity contribution is -0.242. The number of aromatic nitrogens is 2. The number of aryl methyl sites for hydroxylation is 1. The van der Waals surface area contributed by atoms with Crippen LogP contribution in [0.5, 0.6) is 5.75 Å². The number of carbonyl (C=O) groups excluding carboxylic acids is 1. The first-order chi connectivity index (χ1) is 19.2. The standard InChI is InChI=1S/C26H27F3N4O7S/c1-25(2,26(27,28)29)39-23(34)30-17-8-10-21-20(13-17)33(14-18(38-21)9-11-22-31-24(35)40-32-22)41(36,37)19-5-3-4-16(12-19)15-6-7-15/h3-5,8,10,12-13,15,18H,6-7,9,11,14H2,1-2H3,(H,30,34)(H,31,32,35)/t18-/m0/s1. The van der Waals surface area contributed by atoms with Gasteiger partial charge < -0.3 is 9.47 Å². The van der Waals surface area contributed by atoms with Crippen LogP contribution in [0.3, 0.4) is 0 Å². The zero-order valence-electron chi connectivity index (χ0n) is 22.0.